The van der Waals surface area contributed by atoms with Crippen molar-refractivity contribution in [3.8, 4) is 0 Å². The Bertz CT molecular complexity index is 547. The number of imide groups is 1. The molecule has 4 atom stereocenters. The Kier molecular flexibility index (Phi) is 4.54. The van der Waals surface area contributed by atoms with Gasteiger partial charge in [-0.1, -0.05) is 6.92 Å². The average molecular weight is 349 g/mol. The normalized spacial score (nSPS) is 34.7. The molecule has 4 unspecified atom stereocenters. The minimum Gasteiger partial charge on any atom is -0.373 e. The molecule has 4 aliphatic rings. The molecule has 7 heteroatoms. The van der Waals surface area contributed by atoms with Gasteiger partial charge in [-0.25, -0.2) is 0 Å². The summed E-state index contributed by atoms with van der Waals surface area (Å²) in [5.41, 5.74) is 0. The number of hydrogen-bond donors (Lipinski definition) is 1. The minimum absolute atomic E-state index is 0.0938. The highest BCUT2D eigenvalue weighted by Crippen LogP contribution is 2.48. The van der Waals surface area contributed by atoms with Crippen molar-refractivity contribution in [1.82, 2.24) is 15.1 Å². The Balaban J connectivity index is 1.46. The first kappa shape index (κ1) is 17.0. The Hall–Kier alpha value is -1.47. The van der Waals surface area contributed by atoms with Crippen molar-refractivity contribution in [2.45, 2.75) is 57.3 Å². The van der Waals surface area contributed by atoms with E-state index in [-0.39, 0.29) is 54.4 Å². The third kappa shape index (κ3) is 2.77. The summed E-state index contributed by atoms with van der Waals surface area (Å²) in [5, 5.41) is 3.31. The second kappa shape index (κ2) is 6.68. The molecule has 1 N–H and O–H groups in total. The fourth-order valence-corrected chi connectivity index (χ4v) is 5.03. The smallest absolute Gasteiger partial charge is 0.242 e. The third-order valence-electron chi connectivity index (χ3n) is 6.20. The molecule has 4 aliphatic heterocycles. The van der Waals surface area contributed by atoms with E-state index >= 15 is 0 Å². The van der Waals surface area contributed by atoms with Crippen LogP contribution in [-0.2, 0) is 19.1 Å². The zero-order valence-electron chi connectivity index (χ0n) is 14.8. The molecule has 0 saturated carbocycles. The molecular formula is C18H27N3O4. The van der Waals surface area contributed by atoms with Crippen molar-refractivity contribution in [3.63, 3.8) is 0 Å². The van der Waals surface area contributed by atoms with Crippen molar-refractivity contribution < 1.29 is 19.1 Å². The van der Waals surface area contributed by atoms with Crippen LogP contribution in [0.4, 0.5) is 0 Å². The number of hydrogen-bond acceptors (Lipinski definition) is 5. The van der Waals surface area contributed by atoms with Gasteiger partial charge in [-0.3, -0.25) is 19.3 Å². The van der Waals surface area contributed by atoms with Crippen LogP contribution in [0.2, 0.25) is 0 Å². The van der Waals surface area contributed by atoms with E-state index in [1.165, 1.54) is 4.90 Å². The number of carbonyl (C=O) groups excluding carboxylic acids is 3. The number of ether oxygens (including phenoxy) is 1. The van der Waals surface area contributed by atoms with E-state index in [2.05, 4.69) is 5.32 Å². The molecule has 138 valence electrons. The number of likely N-dealkylation sites (tertiary alicyclic amines) is 1. The Morgan fingerprint density at radius 2 is 1.72 bits per heavy atom. The summed E-state index contributed by atoms with van der Waals surface area (Å²) in [6.45, 7) is 4.44. The Morgan fingerprint density at radius 1 is 1.12 bits per heavy atom. The lowest BCUT2D eigenvalue weighted by molar-refractivity contribution is -0.149. The van der Waals surface area contributed by atoms with E-state index in [0.29, 0.717) is 6.54 Å². The summed E-state index contributed by atoms with van der Waals surface area (Å²) in [5.74, 6) is -1.19. The molecule has 4 fully saturated rings. The van der Waals surface area contributed by atoms with Gasteiger partial charge in [-0.2, -0.15) is 0 Å². The van der Waals surface area contributed by atoms with Gasteiger partial charge in [0, 0.05) is 12.6 Å². The predicted octanol–water partition coefficient (Wildman–Crippen LogP) is 0.139. The standard InChI is InChI=1S/C18H27N3O4/c1-2-9-20(11-5-7-19-8-6-11)14(22)10-21-17(23)15-12-3-4-13(25-12)16(15)18(21)24/h11-13,15-16,19H,2-10H2,1H3. The van der Waals surface area contributed by atoms with Crippen molar-refractivity contribution in [2.24, 2.45) is 11.8 Å². The fraction of sp³-hybridized carbons (Fsp3) is 0.833. The van der Waals surface area contributed by atoms with E-state index in [1.807, 2.05) is 11.8 Å². The van der Waals surface area contributed by atoms with Crippen molar-refractivity contribution in [1.29, 1.82) is 0 Å². The molecule has 0 aromatic rings. The lowest BCUT2D eigenvalue weighted by Gasteiger charge is -2.35. The van der Waals surface area contributed by atoms with Crippen LogP contribution in [0.1, 0.15) is 39.0 Å². The molecule has 4 rings (SSSR count). The highest BCUT2D eigenvalue weighted by molar-refractivity contribution is 6.08. The second-order valence-electron chi connectivity index (χ2n) is 7.67. The van der Waals surface area contributed by atoms with Crippen LogP contribution in [0.15, 0.2) is 0 Å². The van der Waals surface area contributed by atoms with Crippen LogP contribution in [0.5, 0.6) is 0 Å². The highest BCUT2D eigenvalue weighted by atomic mass is 16.5. The van der Waals surface area contributed by atoms with Crippen molar-refractivity contribution in [3.05, 3.63) is 0 Å². The Morgan fingerprint density at radius 3 is 2.28 bits per heavy atom. The predicted molar refractivity (Wildman–Crippen MR) is 89.5 cm³/mol. The molecule has 4 saturated heterocycles. The lowest BCUT2D eigenvalue weighted by atomic mass is 9.81. The number of carbonyl (C=O) groups is 3. The van der Waals surface area contributed by atoms with Crippen molar-refractivity contribution in [2.75, 3.05) is 26.2 Å². The molecule has 0 aromatic heterocycles. The van der Waals surface area contributed by atoms with Gasteiger partial charge in [-0.15, -0.1) is 0 Å². The van der Waals surface area contributed by atoms with E-state index in [0.717, 1.165) is 45.2 Å². The summed E-state index contributed by atoms with van der Waals surface area (Å²) >= 11 is 0. The van der Waals surface area contributed by atoms with Crippen LogP contribution >= 0.6 is 0 Å². The molecule has 0 radical (unpaired) electrons. The molecule has 4 heterocycles. The number of piperidine rings is 1. The van der Waals surface area contributed by atoms with Crippen LogP contribution in [0.3, 0.4) is 0 Å². The van der Waals surface area contributed by atoms with Crippen molar-refractivity contribution >= 4 is 17.7 Å². The minimum atomic E-state index is -0.349. The monoisotopic (exact) mass is 349 g/mol. The van der Waals surface area contributed by atoms with E-state index in [4.69, 9.17) is 4.74 Å². The quantitative estimate of drug-likeness (QED) is 0.714. The van der Waals surface area contributed by atoms with Gasteiger partial charge in [0.1, 0.15) is 6.54 Å². The molecule has 3 amide bonds. The highest BCUT2D eigenvalue weighted by Gasteiger charge is 2.62. The number of fused-ring (bicyclic) bond motifs is 5. The third-order valence-corrected chi connectivity index (χ3v) is 6.20. The van der Waals surface area contributed by atoms with Gasteiger partial charge >= 0.3 is 0 Å². The summed E-state index contributed by atoms with van der Waals surface area (Å²) in [6, 6.07) is 0.209. The first-order valence-corrected chi connectivity index (χ1v) is 9.62. The van der Waals surface area contributed by atoms with Crippen LogP contribution in [0, 0.1) is 11.8 Å². The van der Waals surface area contributed by atoms with E-state index in [9.17, 15) is 14.4 Å². The molecule has 25 heavy (non-hydrogen) atoms. The first-order valence-electron chi connectivity index (χ1n) is 9.62. The van der Waals surface area contributed by atoms with Gasteiger partial charge in [0.05, 0.1) is 24.0 Å². The number of nitrogens with zero attached hydrogens (tertiary/aromatic N) is 2. The van der Waals surface area contributed by atoms with Gasteiger partial charge in [0.2, 0.25) is 17.7 Å². The van der Waals surface area contributed by atoms with Crippen LogP contribution in [-0.4, -0.2) is 72.0 Å². The number of rotatable bonds is 5. The summed E-state index contributed by atoms with van der Waals surface area (Å²) in [6.07, 6.45) is 4.19. The largest absolute Gasteiger partial charge is 0.373 e. The summed E-state index contributed by atoms with van der Waals surface area (Å²) in [7, 11) is 0. The summed E-state index contributed by atoms with van der Waals surface area (Å²) in [4.78, 5) is 41.5. The Labute approximate surface area is 148 Å². The molecule has 0 aromatic carbocycles. The molecule has 7 nitrogen and oxygen atoms in total. The number of amides is 3. The number of nitrogens with one attached hydrogen (secondary N) is 1. The average Bonchev–Trinajstić information content (AvgIpc) is 3.30. The van der Waals surface area contributed by atoms with Crippen LogP contribution in [0.25, 0.3) is 0 Å². The molecular weight excluding hydrogens is 322 g/mol. The van der Waals surface area contributed by atoms with E-state index < -0.39 is 0 Å². The second-order valence-corrected chi connectivity index (χ2v) is 7.67. The van der Waals surface area contributed by atoms with Gasteiger partial charge in [0.15, 0.2) is 0 Å². The lowest BCUT2D eigenvalue weighted by Crippen LogP contribution is -2.50. The zero-order chi connectivity index (χ0) is 17.6. The summed E-state index contributed by atoms with van der Waals surface area (Å²) < 4.78 is 5.74. The van der Waals surface area contributed by atoms with Gasteiger partial charge in [-0.05, 0) is 45.2 Å². The van der Waals surface area contributed by atoms with Gasteiger partial charge in [0.25, 0.3) is 0 Å². The van der Waals surface area contributed by atoms with Gasteiger partial charge < -0.3 is 15.0 Å². The van der Waals surface area contributed by atoms with Crippen LogP contribution < -0.4 is 5.32 Å². The first-order chi connectivity index (χ1) is 12.1. The van der Waals surface area contributed by atoms with E-state index in [1.54, 1.807) is 0 Å². The maximum absolute atomic E-state index is 12.9. The molecule has 2 bridgehead atoms. The maximum Gasteiger partial charge on any atom is 0.242 e. The SMILES string of the molecule is CCCN(C(=O)CN1C(=O)C2C3CCC(O3)C2C1=O)C1CCNCC1. The molecule has 0 aliphatic carbocycles. The zero-order valence-corrected chi connectivity index (χ0v) is 14.8. The molecule has 0 spiro atoms. The maximum atomic E-state index is 12.9. The fourth-order valence-electron chi connectivity index (χ4n) is 5.03. The topological polar surface area (TPSA) is 79.0 Å².